The van der Waals surface area contributed by atoms with Gasteiger partial charge in [0.1, 0.15) is 11.4 Å². The average Bonchev–Trinajstić information content (AvgIpc) is 2.55. The molecule has 21 heavy (non-hydrogen) atoms. The number of nitro groups is 1. The maximum Gasteiger partial charge on any atom is 0.315 e. The highest BCUT2D eigenvalue weighted by Gasteiger charge is 2.28. The molecule has 0 aliphatic carbocycles. The van der Waals surface area contributed by atoms with Gasteiger partial charge in [-0.25, -0.2) is 0 Å². The minimum atomic E-state index is -0.187. The summed E-state index contributed by atoms with van der Waals surface area (Å²) < 4.78 is 0. The van der Waals surface area contributed by atoms with Gasteiger partial charge in [0.2, 0.25) is 0 Å². The maximum atomic E-state index is 11.7. The molecule has 2 aliphatic heterocycles. The van der Waals surface area contributed by atoms with E-state index < -0.39 is 0 Å². The fraction of sp³-hybridized carbons (Fsp3) is 0.625. The summed E-state index contributed by atoms with van der Waals surface area (Å²) in [5, 5.41) is 11.7. The van der Waals surface area contributed by atoms with Crippen molar-refractivity contribution in [1.29, 1.82) is 0 Å². The van der Waals surface area contributed by atoms with Crippen molar-refractivity contribution in [2.45, 2.75) is 38.5 Å². The van der Waals surface area contributed by atoms with Crippen molar-refractivity contribution >= 4 is 17.1 Å². The normalized spacial score (nSPS) is 19.6. The molecule has 5 heteroatoms. The first-order valence-electron chi connectivity index (χ1n) is 8.04. The molecule has 0 saturated carbocycles. The van der Waals surface area contributed by atoms with E-state index in [-0.39, 0.29) is 4.92 Å². The summed E-state index contributed by atoms with van der Waals surface area (Å²) in [6.45, 7) is 3.74. The Morgan fingerprint density at radius 1 is 0.810 bits per heavy atom. The summed E-state index contributed by atoms with van der Waals surface area (Å²) in [6.07, 6.45) is 6.98. The van der Waals surface area contributed by atoms with E-state index in [1.54, 1.807) is 0 Å². The third kappa shape index (κ3) is 2.96. The Balaban J connectivity index is 1.97. The Morgan fingerprint density at radius 3 is 1.62 bits per heavy atom. The van der Waals surface area contributed by atoms with Crippen LogP contribution >= 0.6 is 0 Å². The molecule has 2 heterocycles. The molecule has 0 aromatic heterocycles. The van der Waals surface area contributed by atoms with Gasteiger partial charge in [-0.3, -0.25) is 10.1 Å². The van der Waals surface area contributed by atoms with E-state index in [4.69, 9.17) is 0 Å². The van der Waals surface area contributed by atoms with Gasteiger partial charge in [-0.2, -0.15) is 0 Å². The topological polar surface area (TPSA) is 49.6 Å². The monoisotopic (exact) mass is 289 g/mol. The van der Waals surface area contributed by atoms with Crippen LogP contribution in [0, 0.1) is 10.1 Å². The lowest BCUT2D eigenvalue weighted by Crippen LogP contribution is -2.32. The van der Waals surface area contributed by atoms with Gasteiger partial charge in [-0.05, 0) is 50.7 Å². The van der Waals surface area contributed by atoms with E-state index >= 15 is 0 Å². The number of hydrogen-bond acceptors (Lipinski definition) is 4. The number of para-hydroxylation sites is 1. The van der Waals surface area contributed by atoms with Gasteiger partial charge < -0.3 is 9.80 Å². The van der Waals surface area contributed by atoms with E-state index in [1.807, 2.05) is 18.2 Å². The summed E-state index contributed by atoms with van der Waals surface area (Å²) >= 11 is 0. The molecule has 0 bridgehead atoms. The molecule has 114 valence electrons. The average molecular weight is 289 g/mol. The van der Waals surface area contributed by atoms with Crippen LogP contribution in [0.25, 0.3) is 0 Å². The summed E-state index contributed by atoms with van der Waals surface area (Å²) in [4.78, 5) is 15.9. The van der Waals surface area contributed by atoms with Gasteiger partial charge in [-0.15, -0.1) is 0 Å². The summed E-state index contributed by atoms with van der Waals surface area (Å²) in [7, 11) is 0. The number of nitro benzene ring substituents is 1. The highest BCUT2D eigenvalue weighted by molar-refractivity contribution is 5.78. The Morgan fingerprint density at radius 2 is 1.24 bits per heavy atom. The molecule has 0 spiro atoms. The van der Waals surface area contributed by atoms with E-state index in [0.717, 1.165) is 63.2 Å². The van der Waals surface area contributed by atoms with Gasteiger partial charge in [0.05, 0.1) is 4.92 Å². The number of hydrogen-bond donors (Lipinski definition) is 0. The fourth-order valence-corrected chi connectivity index (χ4v) is 3.49. The minimum absolute atomic E-state index is 0.187. The standard InChI is InChI=1S/C16H23N3O2/c20-19(21)16-14(17-10-3-1-4-11-17)8-7-9-15(16)18-12-5-2-6-13-18/h7-9H,1-6,10-13H2. The van der Waals surface area contributed by atoms with E-state index in [2.05, 4.69) is 9.80 Å². The van der Waals surface area contributed by atoms with Crippen LogP contribution in [0.15, 0.2) is 18.2 Å². The van der Waals surface area contributed by atoms with Gasteiger partial charge >= 0.3 is 5.69 Å². The largest absolute Gasteiger partial charge is 0.366 e. The molecule has 1 aromatic rings. The molecule has 0 unspecified atom stereocenters. The third-order valence-electron chi connectivity index (χ3n) is 4.57. The van der Waals surface area contributed by atoms with E-state index in [9.17, 15) is 10.1 Å². The Bertz CT molecular complexity index is 470. The summed E-state index contributed by atoms with van der Waals surface area (Å²) in [5.41, 5.74) is 1.92. The number of nitrogens with zero attached hydrogens (tertiary/aromatic N) is 3. The molecule has 0 N–H and O–H groups in total. The first-order valence-corrected chi connectivity index (χ1v) is 8.04. The van der Waals surface area contributed by atoms with Crippen LogP contribution in [0.5, 0.6) is 0 Å². The van der Waals surface area contributed by atoms with Crippen molar-refractivity contribution in [3.8, 4) is 0 Å². The van der Waals surface area contributed by atoms with Gasteiger partial charge in [0.25, 0.3) is 0 Å². The molecule has 0 atom stereocenters. The van der Waals surface area contributed by atoms with E-state index in [1.165, 1.54) is 12.8 Å². The number of anilines is 2. The molecule has 2 aliphatic rings. The zero-order chi connectivity index (χ0) is 14.7. The van der Waals surface area contributed by atoms with Crippen LogP contribution in [-0.4, -0.2) is 31.1 Å². The molecule has 5 nitrogen and oxygen atoms in total. The molecule has 2 fully saturated rings. The quantitative estimate of drug-likeness (QED) is 0.630. The van der Waals surface area contributed by atoms with Crippen molar-refractivity contribution in [3.63, 3.8) is 0 Å². The smallest absolute Gasteiger partial charge is 0.315 e. The van der Waals surface area contributed by atoms with Gasteiger partial charge in [0, 0.05) is 26.2 Å². The molecule has 3 rings (SSSR count). The molecule has 0 amide bonds. The summed E-state index contributed by atoms with van der Waals surface area (Å²) in [6, 6.07) is 5.80. The summed E-state index contributed by atoms with van der Waals surface area (Å²) in [5.74, 6) is 0. The first kappa shape index (κ1) is 14.2. The van der Waals surface area contributed by atoms with Crippen LogP contribution in [0.1, 0.15) is 38.5 Å². The highest BCUT2D eigenvalue weighted by atomic mass is 16.6. The predicted octanol–water partition coefficient (Wildman–Crippen LogP) is 3.58. The lowest BCUT2D eigenvalue weighted by molar-refractivity contribution is -0.383. The van der Waals surface area contributed by atoms with Crippen LogP contribution in [0.2, 0.25) is 0 Å². The Labute approximate surface area is 125 Å². The first-order chi connectivity index (χ1) is 10.3. The second-order valence-corrected chi connectivity index (χ2v) is 6.00. The van der Waals surface area contributed by atoms with Crippen molar-refractivity contribution in [2.75, 3.05) is 36.0 Å². The number of piperidine rings is 2. The molecule has 1 aromatic carbocycles. The van der Waals surface area contributed by atoms with Crippen molar-refractivity contribution < 1.29 is 4.92 Å². The van der Waals surface area contributed by atoms with Crippen LogP contribution < -0.4 is 9.80 Å². The van der Waals surface area contributed by atoms with Crippen molar-refractivity contribution in [3.05, 3.63) is 28.3 Å². The van der Waals surface area contributed by atoms with Crippen LogP contribution in [0.3, 0.4) is 0 Å². The fourth-order valence-electron chi connectivity index (χ4n) is 3.49. The molecule has 0 radical (unpaired) electrons. The minimum Gasteiger partial charge on any atom is -0.366 e. The van der Waals surface area contributed by atoms with Crippen LogP contribution in [0.4, 0.5) is 17.1 Å². The lowest BCUT2D eigenvalue weighted by atomic mass is 10.1. The zero-order valence-corrected chi connectivity index (χ0v) is 12.5. The van der Waals surface area contributed by atoms with Crippen molar-refractivity contribution in [1.82, 2.24) is 0 Å². The third-order valence-corrected chi connectivity index (χ3v) is 4.57. The molecule has 2 saturated heterocycles. The second-order valence-electron chi connectivity index (χ2n) is 6.00. The SMILES string of the molecule is O=[N+]([O-])c1c(N2CCCCC2)cccc1N1CCCCC1. The zero-order valence-electron chi connectivity index (χ0n) is 12.5. The predicted molar refractivity (Wildman–Crippen MR) is 85.2 cm³/mol. The Hall–Kier alpha value is -1.78. The number of rotatable bonds is 3. The van der Waals surface area contributed by atoms with E-state index in [0.29, 0.717) is 5.69 Å². The highest BCUT2D eigenvalue weighted by Crippen LogP contribution is 2.39. The van der Waals surface area contributed by atoms with Crippen LogP contribution in [-0.2, 0) is 0 Å². The van der Waals surface area contributed by atoms with Crippen molar-refractivity contribution in [2.24, 2.45) is 0 Å². The molecular weight excluding hydrogens is 266 g/mol. The lowest BCUT2D eigenvalue weighted by Gasteiger charge is -2.32. The second kappa shape index (κ2) is 6.33. The number of benzene rings is 1. The van der Waals surface area contributed by atoms with Gasteiger partial charge in [-0.1, -0.05) is 6.07 Å². The Kier molecular flexibility index (Phi) is 4.27. The molecular formula is C16H23N3O2. The maximum absolute atomic E-state index is 11.7. The van der Waals surface area contributed by atoms with Gasteiger partial charge in [0.15, 0.2) is 0 Å².